The molecule has 0 bridgehead atoms. The first kappa shape index (κ1) is 14.5. The van der Waals surface area contributed by atoms with Crippen molar-refractivity contribution in [3.63, 3.8) is 0 Å². The molecule has 0 fully saturated rings. The molecule has 100 valence electrons. The van der Waals surface area contributed by atoms with Crippen LogP contribution in [0.4, 0.5) is 5.69 Å². The fourth-order valence-electron chi connectivity index (χ4n) is 1.66. The summed E-state index contributed by atoms with van der Waals surface area (Å²) in [4.78, 5) is 0. The van der Waals surface area contributed by atoms with Crippen molar-refractivity contribution < 1.29 is 8.42 Å². The highest BCUT2D eigenvalue weighted by molar-refractivity contribution is 7.92. The predicted octanol–water partition coefficient (Wildman–Crippen LogP) is 1.82. The lowest BCUT2D eigenvalue weighted by Gasteiger charge is -2.13. The van der Waals surface area contributed by atoms with Gasteiger partial charge >= 0.3 is 0 Å². The molecule has 0 heterocycles. The van der Waals surface area contributed by atoms with Crippen LogP contribution in [0, 0.1) is 12.3 Å². The Hall–Kier alpha value is -1.56. The van der Waals surface area contributed by atoms with Gasteiger partial charge in [-0.1, -0.05) is 25.5 Å². The molecular weight excluding hydrogens is 250 g/mol. The Bertz CT molecular complexity index is 538. The molecule has 0 saturated heterocycles. The van der Waals surface area contributed by atoms with Gasteiger partial charge in [0.05, 0.1) is 11.4 Å². The van der Waals surface area contributed by atoms with E-state index in [-0.39, 0.29) is 11.6 Å². The highest BCUT2D eigenvalue weighted by Gasteiger charge is 2.14. The van der Waals surface area contributed by atoms with E-state index in [1.165, 1.54) is 0 Å². The second-order valence-electron chi connectivity index (χ2n) is 4.19. The lowest BCUT2D eigenvalue weighted by Crippen LogP contribution is -2.21. The van der Waals surface area contributed by atoms with E-state index in [4.69, 9.17) is 11.1 Å². The molecule has 0 aliphatic heterocycles. The zero-order chi connectivity index (χ0) is 13.8. The van der Waals surface area contributed by atoms with Crippen LogP contribution in [0.3, 0.4) is 0 Å². The van der Waals surface area contributed by atoms with Gasteiger partial charge in [0.1, 0.15) is 5.84 Å². The molecule has 18 heavy (non-hydrogen) atoms. The number of aryl methyl sites for hydroxylation is 1. The number of hydrogen-bond acceptors (Lipinski definition) is 3. The molecule has 0 atom stereocenters. The fraction of sp³-hybridized carbons (Fsp3) is 0.417. The van der Waals surface area contributed by atoms with Gasteiger partial charge in [-0.05, 0) is 25.0 Å². The van der Waals surface area contributed by atoms with Gasteiger partial charge in [0.2, 0.25) is 10.0 Å². The van der Waals surface area contributed by atoms with E-state index in [0.717, 1.165) is 12.0 Å². The number of nitrogen functional groups attached to an aromatic ring is 1. The molecule has 1 aromatic carbocycles. The highest BCUT2D eigenvalue weighted by Crippen LogP contribution is 2.20. The summed E-state index contributed by atoms with van der Waals surface area (Å²) in [6.45, 7) is 3.73. The van der Waals surface area contributed by atoms with E-state index < -0.39 is 10.0 Å². The number of amidine groups is 1. The van der Waals surface area contributed by atoms with Gasteiger partial charge in [-0.3, -0.25) is 10.1 Å². The minimum Gasteiger partial charge on any atom is -0.384 e. The van der Waals surface area contributed by atoms with Crippen molar-refractivity contribution in [2.24, 2.45) is 5.73 Å². The van der Waals surface area contributed by atoms with Gasteiger partial charge in [-0.15, -0.1) is 0 Å². The topological polar surface area (TPSA) is 96.0 Å². The van der Waals surface area contributed by atoms with Gasteiger partial charge in [0.25, 0.3) is 0 Å². The molecule has 6 heteroatoms. The van der Waals surface area contributed by atoms with Crippen molar-refractivity contribution in [1.82, 2.24) is 0 Å². The molecule has 0 amide bonds. The molecule has 5 nitrogen and oxygen atoms in total. The Labute approximate surface area is 108 Å². The molecule has 0 saturated carbocycles. The maximum absolute atomic E-state index is 11.8. The Kier molecular flexibility index (Phi) is 4.72. The molecule has 0 aromatic heterocycles. The number of benzene rings is 1. The normalized spacial score (nSPS) is 11.2. The monoisotopic (exact) mass is 269 g/mol. The van der Waals surface area contributed by atoms with Crippen molar-refractivity contribution in [2.45, 2.75) is 26.7 Å². The molecule has 0 unspecified atom stereocenters. The number of anilines is 1. The Morgan fingerprint density at radius 2 is 2.11 bits per heavy atom. The van der Waals surface area contributed by atoms with Crippen LogP contribution in [0.15, 0.2) is 18.2 Å². The van der Waals surface area contributed by atoms with E-state index in [1.807, 2.05) is 6.92 Å². The van der Waals surface area contributed by atoms with Gasteiger partial charge in [0.15, 0.2) is 0 Å². The molecule has 1 rings (SSSR count). The van der Waals surface area contributed by atoms with Crippen LogP contribution in [-0.4, -0.2) is 20.0 Å². The van der Waals surface area contributed by atoms with E-state index in [0.29, 0.717) is 17.7 Å². The van der Waals surface area contributed by atoms with Crippen LogP contribution < -0.4 is 10.5 Å². The molecule has 0 aliphatic rings. The third-order valence-electron chi connectivity index (χ3n) is 2.57. The summed E-state index contributed by atoms with van der Waals surface area (Å²) in [5, 5.41) is 7.51. The molecule has 1 aromatic rings. The smallest absolute Gasteiger partial charge is 0.232 e. The van der Waals surface area contributed by atoms with Gasteiger partial charge < -0.3 is 5.73 Å². The van der Waals surface area contributed by atoms with Crippen molar-refractivity contribution in [3.05, 3.63) is 29.3 Å². The molecule has 4 N–H and O–H groups in total. The molecule has 0 radical (unpaired) electrons. The van der Waals surface area contributed by atoms with Crippen LogP contribution in [0.5, 0.6) is 0 Å². The van der Waals surface area contributed by atoms with Gasteiger partial charge in [-0.2, -0.15) is 0 Å². The maximum Gasteiger partial charge on any atom is 0.232 e. The van der Waals surface area contributed by atoms with Crippen LogP contribution >= 0.6 is 0 Å². The summed E-state index contributed by atoms with van der Waals surface area (Å²) in [7, 11) is -3.37. The molecule has 0 spiro atoms. The molecular formula is C12H19N3O2S. The zero-order valence-corrected chi connectivity index (χ0v) is 11.5. The van der Waals surface area contributed by atoms with Crippen LogP contribution in [-0.2, 0) is 10.0 Å². The number of nitrogens with one attached hydrogen (secondary N) is 2. The predicted molar refractivity (Wildman–Crippen MR) is 74.5 cm³/mol. The average molecular weight is 269 g/mol. The van der Waals surface area contributed by atoms with E-state index >= 15 is 0 Å². The standard InChI is InChI=1S/C12H19N3O2S/c1-3-4-8-18(16,17)15-10-7-5-6-9(2)11(10)12(13)14/h5-7,15H,3-4,8H2,1-2H3,(H3,13,14). The third-order valence-corrected chi connectivity index (χ3v) is 3.93. The Balaban J connectivity index is 3.05. The summed E-state index contributed by atoms with van der Waals surface area (Å²) in [6.07, 6.45) is 1.42. The van der Waals surface area contributed by atoms with Crippen LogP contribution in [0.25, 0.3) is 0 Å². The summed E-state index contributed by atoms with van der Waals surface area (Å²) >= 11 is 0. The highest BCUT2D eigenvalue weighted by atomic mass is 32.2. The third kappa shape index (κ3) is 3.73. The number of hydrogen-bond donors (Lipinski definition) is 3. The average Bonchev–Trinajstić information content (AvgIpc) is 2.25. The minimum atomic E-state index is -3.37. The van der Waals surface area contributed by atoms with Crippen molar-refractivity contribution in [1.29, 1.82) is 5.41 Å². The van der Waals surface area contributed by atoms with Gasteiger partial charge in [-0.25, -0.2) is 8.42 Å². The van der Waals surface area contributed by atoms with Crippen molar-refractivity contribution in [3.8, 4) is 0 Å². The summed E-state index contributed by atoms with van der Waals surface area (Å²) in [5.41, 5.74) is 7.07. The quantitative estimate of drug-likeness (QED) is 0.543. The zero-order valence-electron chi connectivity index (χ0n) is 10.7. The first-order valence-corrected chi connectivity index (χ1v) is 7.47. The molecule has 0 aliphatic carbocycles. The SMILES string of the molecule is CCCCS(=O)(=O)Nc1cccc(C)c1C(=N)N. The van der Waals surface area contributed by atoms with Crippen molar-refractivity contribution in [2.75, 3.05) is 10.5 Å². The van der Waals surface area contributed by atoms with E-state index in [1.54, 1.807) is 25.1 Å². The van der Waals surface area contributed by atoms with E-state index in [2.05, 4.69) is 4.72 Å². The number of unbranched alkanes of at least 4 members (excludes halogenated alkanes) is 1. The Morgan fingerprint density at radius 3 is 2.67 bits per heavy atom. The van der Waals surface area contributed by atoms with Crippen molar-refractivity contribution >= 4 is 21.5 Å². The second-order valence-corrected chi connectivity index (χ2v) is 6.03. The van der Waals surface area contributed by atoms with E-state index in [9.17, 15) is 8.42 Å². The largest absolute Gasteiger partial charge is 0.384 e. The lowest BCUT2D eigenvalue weighted by atomic mass is 10.1. The first-order valence-electron chi connectivity index (χ1n) is 5.82. The van der Waals surface area contributed by atoms with Crippen LogP contribution in [0.2, 0.25) is 0 Å². The lowest BCUT2D eigenvalue weighted by molar-refractivity contribution is 0.598. The minimum absolute atomic E-state index is 0.0782. The fourth-order valence-corrected chi connectivity index (χ4v) is 2.94. The Morgan fingerprint density at radius 1 is 1.44 bits per heavy atom. The number of sulfonamides is 1. The summed E-state index contributed by atoms with van der Waals surface area (Å²) in [5.74, 6) is -0.0595. The number of rotatable bonds is 6. The van der Waals surface area contributed by atoms with Gasteiger partial charge in [0, 0.05) is 5.56 Å². The maximum atomic E-state index is 11.8. The number of nitrogens with two attached hydrogens (primary N) is 1. The summed E-state index contributed by atoms with van der Waals surface area (Å²) in [6, 6.07) is 5.15. The second kappa shape index (κ2) is 5.86. The summed E-state index contributed by atoms with van der Waals surface area (Å²) < 4.78 is 26.1. The first-order chi connectivity index (χ1) is 8.37. The van der Waals surface area contributed by atoms with Crippen LogP contribution in [0.1, 0.15) is 30.9 Å².